The molecular weight excluding hydrogens is 331 g/mol. The largest absolute Gasteiger partial charge is 0.480 e. The molecule has 2 aliphatic heterocycles. The zero-order valence-electron chi connectivity index (χ0n) is 13.8. The maximum atomic E-state index is 14.1. The van der Waals surface area contributed by atoms with Crippen molar-refractivity contribution in [2.45, 2.75) is 19.4 Å². The van der Waals surface area contributed by atoms with E-state index in [9.17, 15) is 23.9 Å². The lowest BCUT2D eigenvalue weighted by Crippen LogP contribution is -2.54. The molecule has 1 N–H and O–H groups in total. The Hall–Kier alpha value is -2.48. The summed E-state index contributed by atoms with van der Waals surface area (Å²) in [6, 6.07) is 3.50. The molecule has 0 saturated carbocycles. The number of benzene rings is 1. The first kappa shape index (κ1) is 17.3. The maximum Gasteiger partial charge on any atom is 0.328 e. The molecule has 1 aromatic rings. The zero-order chi connectivity index (χ0) is 18.1. The molecule has 0 spiro atoms. The van der Waals surface area contributed by atoms with Crippen molar-refractivity contribution in [2.24, 2.45) is 5.92 Å². The van der Waals surface area contributed by atoms with Gasteiger partial charge in [0.1, 0.15) is 5.82 Å². The number of aliphatic carboxylic acids is 1. The molecule has 134 valence electrons. The van der Waals surface area contributed by atoms with Gasteiger partial charge in [-0.25, -0.2) is 9.18 Å². The monoisotopic (exact) mass is 350 g/mol. The van der Waals surface area contributed by atoms with E-state index in [2.05, 4.69) is 0 Å². The van der Waals surface area contributed by atoms with E-state index in [-0.39, 0.29) is 44.3 Å². The predicted molar refractivity (Wildman–Crippen MR) is 85.6 cm³/mol. The Bertz CT molecular complexity index is 723. The SMILES string of the molecule is Cc1ccc(N2C[C@H](C(=O)N3CCOC[C@@H]3C(=O)O)CC2=O)c(F)c1. The van der Waals surface area contributed by atoms with Gasteiger partial charge in [-0.3, -0.25) is 9.59 Å². The summed E-state index contributed by atoms with van der Waals surface area (Å²) < 4.78 is 19.3. The highest BCUT2D eigenvalue weighted by Crippen LogP contribution is 2.29. The van der Waals surface area contributed by atoms with Gasteiger partial charge in [0.05, 0.1) is 24.8 Å². The van der Waals surface area contributed by atoms with Gasteiger partial charge in [0.2, 0.25) is 11.8 Å². The number of ether oxygens (including phenoxy) is 1. The van der Waals surface area contributed by atoms with Gasteiger partial charge in [0.15, 0.2) is 6.04 Å². The minimum absolute atomic E-state index is 0.0430. The average Bonchev–Trinajstić information content (AvgIpc) is 2.96. The molecule has 2 aliphatic rings. The van der Waals surface area contributed by atoms with Crippen LogP contribution in [0.3, 0.4) is 0 Å². The van der Waals surface area contributed by atoms with Crippen molar-refractivity contribution >= 4 is 23.5 Å². The molecule has 2 heterocycles. The summed E-state index contributed by atoms with van der Waals surface area (Å²) in [6.45, 7) is 2.14. The Kier molecular flexibility index (Phi) is 4.71. The van der Waals surface area contributed by atoms with Crippen molar-refractivity contribution in [1.82, 2.24) is 4.90 Å². The van der Waals surface area contributed by atoms with Crippen molar-refractivity contribution in [3.8, 4) is 0 Å². The fourth-order valence-electron chi connectivity index (χ4n) is 3.24. The molecule has 0 aromatic heterocycles. The topological polar surface area (TPSA) is 87.2 Å². The summed E-state index contributed by atoms with van der Waals surface area (Å²) >= 11 is 0. The Balaban J connectivity index is 1.77. The van der Waals surface area contributed by atoms with Crippen molar-refractivity contribution in [1.29, 1.82) is 0 Å². The van der Waals surface area contributed by atoms with Crippen molar-refractivity contribution in [2.75, 3.05) is 31.2 Å². The number of carboxylic acids is 1. The van der Waals surface area contributed by atoms with Crippen LogP contribution in [0.25, 0.3) is 0 Å². The van der Waals surface area contributed by atoms with E-state index >= 15 is 0 Å². The van der Waals surface area contributed by atoms with Crippen LogP contribution in [-0.4, -0.2) is 60.1 Å². The Morgan fingerprint density at radius 1 is 1.36 bits per heavy atom. The zero-order valence-corrected chi connectivity index (χ0v) is 13.8. The van der Waals surface area contributed by atoms with Gasteiger partial charge >= 0.3 is 5.97 Å². The molecule has 2 saturated heterocycles. The highest BCUT2D eigenvalue weighted by Gasteiger charge is 2.42. The molecule has 0 radical (unpaired) electrons. The third kappa shape index (κ3) is 3.34. The molecule has 1 aromatic carbocycles. The van der Waals surface area contributed by atoms with Gasteiger partial charge in [0, 0.05) is 19.5 Å². The Morgan fingerprint density at radius 2 is 2.12 bits per heavy atom. The van der Waals surface area contributed by atoms with E-state index in [1.54, 1.807) is 13.0 Å². The third-order valence-electron chi connectivity index (χ3n) is 4.56. The summed E-state index contributed by atoms with van der Waals surface area (Å²) in [5, 5.41) is 9.24. The van der Waals surface area contributed by atoms with Crippen LogP contribution in [0.1, 0.15) is 12.0 Å². The second kappa shape index (κ2) is 6.79. The fourth-order valence-corrected chi connectivity index (χ4v) is 3.24. The molecule has 2 fully saturated rings. The number of carboxylic acid groups (broad SMARTS) is 1. The lowest BCUT2D eigenvalue weighted by molar-refractivity contribution is -0.160. The van der Waals surface area contributed by atoms with Crippen LogP contribution >= 0.6 is 0 Å². The molecule has 0 aliphatic carbocycles. The van der Waals surface area contributed by atoms with E-state index in [1.807, 2.05) is 0 Å². The highest BCUT2D eigenvalue weighted by atomic mass is 19.1. The average molecular weight is 350 g/mol. The van der Waals surface area contributed by atoms with Crippen LogP contribution in [0, 0.1) is 18.7 Å². The first-order valence-corrected chi connectivity index (χ1v) is 8.06. The summed E-state index contributed by atoms with van der Waals surface area (Å²) in [5.74, 6) is -3.09. The van der Waals surface area contributed by atoms with Crippen LogP contribution in [0.5, 0.6) is 0 Å². The normalized spacial score (nSPS) is 23.8. The summed E-state index contributed by atoms with van der Waals surface area (Å²) in [6.07, 6.45) is -0.0597. The molecule has 7 nitrogen and oxygen atoms in total. The number of nitrogens with zero attached hydrogens (tertiary/aromatic N) is 2. The number of carbonyl (C=O) groups excluding carboxylic acids is 2. The van der Waals surface area contributed by atoms with Crippen LogP contribution in [-0.2, 0) is 19.1 Å². The first-order chi connectivity index (χ1) is 11.9. The van der Waals surface area contributed by atoms with Crippen molar-refractivity contribution < 1.29 is 28.6 Å². The number of halogens is 1. The van der Waals surface area contributed by atoms with Crippen LogP contribution in [0.2, 0.25) is 0 Å². The van der Waals surface area contributed by atoms with Gasteiger partial charge in [-0.1, -0.05) is 6.07 Å². The summed E-state index contributed by atoms with van der Waals surface area (Å²) in [4.78, 5) is 38.8. The van der Waals surface area contributed by atoms with Crippen molar-refractivity contribution in [3.63, 3.8) is 0 Å². The maximum absolute atomic E-state index is 14.1. The number of hydrogen-bond acceptors (Lipinski definition) is 4. The van der Waals surface area contributed by atoms with E-state index in [0.29, 0.717) is 0 Å². The number of amides is 2. The lowest BCUT2D eigenvalue weighted by Gasteiger charge is -2.34. The van der Waals surface area contributed by atoms with Crippen LogP contribution < -0.4 is 4.90 Å². The first-order valence-electron chi connectivity index (χ1n) is 8.06. The predicted octanol–water partition coefficient (Wildman–Crippen LogP) is 0.799. The van der Waals surface area contributed by atoms with E-state index < -0.39 is 29.7 Å². The van der Waals surface area contributed by atoms with Gasteiger partial charge in [-0.15, -0.1) is 0 Å². The van der Waals surface area contributed by atoms with Gasteiger partial charge in [0.25, 0.3) is 0 Å². The third-order valence-corrected chi connectivity index (χ3v) is 4.56. The van der Waals surface area contributed by atoms with Gasteiger partial charge in [-0.05, 0) is 24.6 Å². The number of aryl methyl sites for hydroxylation is 1. The molecule has 0 bridgehead atoms. The standard InChI is InChI=1S/C17H19FN2O5/c1-10-2-3-13(12(18)6-10)20-8-11(7-15(20)21)16(22)19-4-5-25-9-14(19)17(23)24/h2-3,6,11,14H,4-5,7-9H2,1H3,(H,23,24)/t11-,14-/m1/s1. The van der Waals surface area contributed by atoms with E-state index in [0.717, 1.165) is 5.56 Å². The van der Waals surface area contributed by atoms with Crippen molar-refractivity contribution in [3.05, 3.63) is 29.6 Å². The fraction of sp³-hybridized carbons (Fsp3) is 0.471. The Morgan fingerprint density at radius 3 is 2.80 bits per heavy atom. The number of anilines is 1. The second-order valence-electron chi connectivity index (χ2n) is 6.32. The minimum atomic E-state index is -1.14. The smallest absolute Gasteiger partial charge is 0.328 e. The molecule has 3 rings (SSSR count). The van der Waals surface area contributed by atoms with E-state index in [1.165, 1.54) is 21.9 Å². The molecular formula is C17H19FN2O5. The van der Waals surface area contributed by atoms with E-state index in [4.69, 9.17) is 4.74 Å². The lowest BCUT2D eigenvalue weighted by atomic mass is 10.1. The molecule has 25 heavy (non-hydrogen) atoms. The Labute approximate surface area is 144 Å². The summed E-state index contributed by atoms with van der Waals surface area (Å²) in [5.41, 5.74) is 0.876. The molecule has 8 heteroatoms. The quantitative estimate of drug-likeness (QED) is 0.871. The van der Waals surface area contributed by atoms with Crippen LogP contribution in [0.15, 0.2) is 18.2 Å². The summed E-state index contributed by atoms with van der Waals surface area (Å²) in [7, 11) is 0. The van der Waals surface area contributed by atoms with Gasteiger partial charge in [-0.2, -0.15) is 0 Å². The van der Waals surface area contributed by atoms with Gasteiger partial charge < -0.3 is 19.6 Å². The van der Waals surface area contributed by atoms with Crippen LogP contribution in [0.4, 0.5) is 10.1 Å². The highest BCUT2D eigenvalue weighted by molar-refractivity contribution is 6.01. The number of hydrogen-bond donors (Lipinski definition) is 1. The second-order valence-corrected chi connectivity index (χ2v) is 6.32. The molecule has 2 amide bonds. The molecule has 2 atom stereocenters. The number of carbonyl (C=O) groups is 3. The number of rotatable bonds is 3. The molecule has 0 unspecified atom stereocenters. The number of morpholine rings is 1. The minimum Gasteiger partial charge on any atom is -0.480 e.